The average Bonchev–Trinajstić information content (AvgIpc) is 2.11. The SMILES string of the molecule is CC[C@@H](C(=O)SC(C)(C)C)[C@H](O)C#C[Si](C)(C)C. The summed E-state index contributed by atoms with van der Waals surface area (Å²) < 4.78 is -0.115. The summed E-state index contributed by atoms with van der Waals surface area (Å²) in [4.78, 5) is 12.1. The van der Waals surface area contributed by atoms with Crippen LogP contribution in [0.5, 0.6) is 0 Å². The molecular weight excluding hydrogens is 260 g/mol. The van der Waals surface area contributed by atoms with Crippen molar-refractivity contribution in [1.82, 2.24) is 0 Å². The van der Waals surface area contributed by atoms with Gasteiger partial charge in [-0.25, -0.2) is 0 Å². The molecule has 0 saturated carbocycles. The zero-order chi connectivity index (χ0) is 14.6. The van der Waals surface area contributed by atoms with E-state index in [9.17, 15) is 9.90 Å². The molecule has 0 fully saturated rings. The lowest BCUT2D eigenvalue weighted by Gasteiger charge is -2.22. The summed E-state index contributed by atoms with van der Waals surface area (Å²) in [6.45, 7) is 14.3. The van der Waals surface area contributed by atoms with E-state index in [1.165, 1.54) is 11.8 Å². The van der Waals surface area contributed by atoms with E-state index in [0.29, 0.717) is 6.42 Å². The van der Waals surface area contributed by atoms with Crippen LogP contribution in [-0.4, -0.2) is 29.1 Å². The lowest BCUT2D eigenvalue weighted by molar-refractivity contribution is -0.116. The largest absolute Gasteiger partial charge is 0.380 e. The van der Waals surface area contributed by atoms with Crippen molar-refractivity contribution in [1.29, 1.82) is 0 Å². The Morgan fingerprint density at radius 3 is 2.17 bits per heavy atom. The highest BCUT2D eigenvalue weighted by Gasteiger charge is 2.28. The zero-order valence-corrected chi connectivity index (χ0v) is 14.4. The zero-order valence-electron chi connectivity index (χ0n) is 12.6. The minimum absolute atomic E-state index is 0.0439. The minimum atomic E-state index is -1.50. The Balaban J connectivity index is 4.77. The highest BCUT2D eigenvalue weighted by Crippen LogP contribution is 2.29. The number of hydrogen-bond acceptors (Lipinski definition) is 3. The molecular formula is C14H26O2SSi. The van der Waals surface area contributed by atoms with Crippen molar-refractivity contribution in [2.24, 2.45) is 5.92 Å². The Morgan fingerprint density at radius 1 is 1.33 bits per heavy atom. The fourth-order valence-corrected chi connectivity index (χ4v) is 2.92. The predicted octanol–water partition coefficient (Wildman–Crippen LogP) is 3.31. The van der Waals surface area contributed by atoms with Gasteiger partial charge in [-0.05, 0) is 6.42 Å². The highest BCUT2D eigenvalue weighted by atomic mass is 32.2. The average molecular weight is 287 g/mol. The molecule has 0 aliphatic rings. The number of aliphatic hydroxyl groups is 1. The molecule has 0 aliphatic carbocycles. The van der Waals surface area contributed by atoms with Gasteiger partial charge in [0.1, 0.15) is 14.2 Å². The quantitative estimate of drug-likeness (QED) is 0.639. The van der Waals surface area contributed by atoms with Crippen molar-refractivity contribution in [3.63, 3.8) is 0 Å². The van der Waals surface area contributed by atoms with Crippen LogP contribution < -0.4 is 0 Å². The molecule has 0 aliphatic heterocycles. The van der Waals surface area contributed by atoms with Gasteiger partial charge >= 0.3 is 0 Å². The lowest BCUT2D eigenvalue weighted by Crippen LogP contribution is -2.28. The number of carbonyl (C=O) groups is 1. The second kappa shape index (κ2) is 6.79. The number of hydrogen-bond donors (Lipinski definition) is 1. The molecule has 0 heterocycles. The first-order valence-corrected chi connectivity index (χ1v) is 10.7. The smallest absolute Gasteiger partial charge is 0.196 e. The van der Waals surface area contributed by atoms with Crippen molar-refractivity contribution in [2.75, 3.05) is 0 Å². The Hall–Kier alpha value is -0.243. The molecule has 2 atom stereocenters. The van der Waals surface area contributed by atoms with Gasteiger partial charge in [-0.1, -0.05) is 65.0 Å². The van der Waals surface area contributed by atoms with Crippen molar-refractivity contribution in [3.05, 3.63) is 0 Å². The monoisotopic (exact) mass is 286 g/mol. The van der Waals surface area contributed by atoms with Gasteiger partial charge in [0.2, 0.25) is 0 Å². The van der Waals surface area contributed by atoms with E-state index in [0.717, 1.165) is 0 Å². The van der Waals surface area contributed by atoms with Crippen LogP contribution in [0, 0.1) is 17.4 Å². The summed E-state index contributed by atoms with van der Waals surface area (Å²) >= 11 is 1.30. The van der Waals surface area contributed by atoms with E-state index in [2.05, 4.69) is 31.1 Å². The van der Waals surface area contributed by atoms with Gasteiger partial charge in [0.05, 0.1) is 5.92 Å². The van der Waals surface area contributed by atoms with Crippen LogP contribution in [0.3, 0.4) is 0 Å². The number of rotatable bonds is 3. The number of carbonyl (C=O) groups excluding carboxylic acids is 1. The fraction of sp³-hybridized carbons (Fsp3) is 0.786. The molecule has 0 saturated heterocycles. The topological polar surface area (TPSA) is 37.3 Å². The third-order valence-electron chi connectivity index (χ3n) is 2.13. The molecule has 18 heavy (non-hydrogen) atoms. The van der Waals surface area contributed by atoms with E-state index in [4.69, 9.17) is 0 Å². The maximum atomic E-state index is 12.1. The maximum Gasteiger partial charge on any atom is 0.196 e. The van der Waals surface area contributed by atoms with Crippen LogP contribution in [0.2, 0.25) is 19.6 Å². The van der Waals surface area contributed by atoms with Gasteiger partial charge in [0, 0.05) is 4.75 Å². The van der Waals surface area contributed by atoms with E-state index >= 15 is 0 Å². The Kier molecular flexibility index (Phi) is 6.70. The van der Waals surface area contributed by atoms with Gasteiger partial charge in [-0.2, -0.15) is 0 Å². The Morgan fingerprint density at radius 2 is 1.83 bits per heavy atom. The third kappa shape index (κ3) is 7.96. The normalized spacial score (nSPS) is 15.6. The standard InChI is InChI=1S/C14H26O2SSi/c1-8-11(13(16)17-14(2,3)4)12(15)9-10-18(5,6)7/h11-12,15H,8H2,1-7H3/t11-,12-/m1/s1. The molecule has 0 aromatic heterocycles. The van der Waals surface area contributed by atoms with Gasteiger partial charge in [0.25, 0.3) is 0 Å². The van der Waals surface area contributed by atoms with E-state index in [1.807, 2.05) is 27.7 Å². The molecule has 2 nitrogen and oxygen atoms in total. The van der Waals surface area contributed by atoms with Crippen molar-refractivity contribution >= 4 is 25.0 Å². The molecule has 0 amide bonds. The summed E-state index contributed by atoms with van der Waals surface area (Å²) in [7, 11) is -1.50. The molecule has 104 valence electrons. The summed E-state index contributed by atoms with van der Waals surface area (Å²) in [6, 6.07) is 0. The summed E-state index contributed by atoms with van der Waals surface area (Å²) in [6.07, 6.45) is -0.201. The van der Waals surface area contributed by atoms with Crippen molar-refractivity contribution in [2.45, 2.75) is 64.6 Å². The van der Waals surface area contributed by atoms with E-state index < -0.39 is 14.2 Å². The summed E-state index contributed by atoms with van der Waals surface area (Å²) in [5.74, 6) is 2.50. The van der Waals surface area contributed by atoms with E-state index in [-0.39, 0.29) is 15.8 Å². The predicted molar refractivity (Wildman–Crippen MR) is 83.3 cm³/mol. The lowest BCUT2D eigenvalue weighted by atomic mass is 10.0. The van der Waals surface area contributed by atoms with Crippen LogP contribution in [-0.2, 0) is 4.79 Å². The van der Waals surface area contributed by atoms with Gasteiger partial charge in [0.15, 0.2) is 5.12 Å². The van der Waals surface area contributed by atoms with Crippen LogP contribution in [0.15, 0.2) is 0 Å². The molecule has 0 aromatic rings. The van der Waals surface area contributed by atoms with Crippen LogP contribution >= 0.6 is 11.8 Å². The molecule has 4 heteroatoms. The van der Waals surface area contributed by atoms with Crippen LogP contribution in [0.1, 0.15) is 34.1 Å². The first kappa shape index (κ1) is 17.8. The minimum Gasteiger partial charge on any atom is -0.380 e. The first-order valence-electron chi connectivity index (χ1n) is 6.40. The highest BCUT2D eigenvalue weighted by molar-refractivity contribution is 8.14. The fourth-order valence-electron chi connectivity index (χ4n) is 1.29. The van der Waals surface area contributed by atoms with Crippen LogP contribution in [0.4, 0.5) is 0 Å². The summed E-state index contributed by atoms with van der Waals surface area (Å²) in [5.41, 5.74) is 3.13. The van der Waals surface area contributed by atoms with Crippen LogP contribution in [0.25, 0.3) is 0 Å². The van der Waals surface area contributed by atoms with Crippen molar-refractivity contribution in [3.8, 4) is 11.5 Å². The van der Waals surface area contributed by atoms with Gasteiger partial charge < -0.3 is 5.11 Å². The van der Waals surface area contributed by atoms with Gasteiger partial charge in [-0.15, -0.1) is 5.54 Å². The molecule has 0 rings (SSSR count). The second-order valence-electron chi connectivity index (χ2n) is 6.51. The molecule has 0 unspecified atom stereocenters. The number of thioether (sulfide) groups is 1. The second-order valence-corrected chi connectivity index (χ2v) is 13.1. The van der Waals surface area contributed by atoms with Crippen molar-refractivity contribution < 1.29 is 9.90 Å². The maximum absolute atomic E-state index is 12.1. The molecule has 0 spiro atoms. The third-order valence-corrected chi connectivity index (χ3v) is 4.14. The molecule has 0 radical (unpaired) electrons. The Labute approximate surface area is 117 Å². The molecule has 0 bridgehead atoms. The Bertz CT molecular complexity index is 342. The van der Waals surface area contributed by atoms with Gasteiger partial charge in [-0.3, -0.25) is 4.79 Å². The molecule has 1 N–H and O–H groups in total. The number of aliphatic hydroxyl groups excluding tert-OH is 1. The molecule has 0 aromatic carbocycles. The summed E-state index contributed by atoms with van der Waals surface area (Å²) in [5, 5.41) is 10.1. The van der Waals surface area contributed by atoms with E-state index in [1.54, 1.807) is 0 Å². The first-order chi connectivity index (χ1) is 7.96.